The Morgan fingerprint density at radius 3 is 2.73 bits per heavy atom. The first kappa shape index (κ1) is 16.6. The number of H-pyrrole nitrogens is 1. The van der Waals surface area contributed by atoms with E-state index in [2.05, 4.69) is 35.5 Å². The van der Waals surface area contributed by atoms with Gasteiger partial charge in [0.25, 0.3) is 5.56 Å². The van der Waals surface area contributed by atoms with Crippen molar-refractivity contribution in [1.29, 1.82) is 0 Å². The molecule has 1 saturated heterocycles. The monoisotopic (exact) mass is 351 g/mol. The molecule has 0 unspecified atom stereocenters. The summed E-state index contributed by atoms with van der Waals surface area (Å²) in [6, 6.07) is 9.37. The molecule has 3 aromatic rings. The molecule has 1 aliphatic rings. The van der Waals surface area contributed by atoms with Crippen LogP contribution in [-0.4, -0.2) is 64.1 Å². The normalized spacial score (nSPS) is 15.2. The van der Waals surface area contributed by atoms with Crippen LogP contribution in [0, 0.1) is 0 Å². The van der Waals surface area contributed by atoms with Crippen LogP contribution in [0.2, 0.25) is 0 Å². The van der Waals surface area contributed by atoms with Crippen LogP contribution in [0.5, 0.6) is 0 Å². The number of aromatic amines is 1. The van der Waals surface area contributed by atoms with Crippen LogP contribution in [0.25, 0.3) is 22.4 Å². The van der Waals surface area contributed by atoms with E-state index >= 15 is 0 Å². The van der Waals surface area contributed by atoms with Gasteiger partial charge in [0.15, 0.2) is 5.65 Å². The van der Waals surface area contributed by atoms with Crippen LogP contribution in [0.3, 0.4) is 0 Å². The van der Waals surface area contributed by atoms with Crippen LogP contribution >= 0.6 is 0 Å². The van der Waals surface area contributed by atoms with Gasteiger partial charge < -0.3 is 15.6 Å². The summed E-state index contributed by atoms with van der Waals surface area (Å²) in [5.74, 6) is 0.498. The number of hydrogen-bond donors (Lipinski definition) is 3. The molecule has 0 spiro atoms. The lowest BCUT2D eigenvalue weighted by molar-refractivity contribution is 0.249. The topological polar surface area (TPSA) is 98.8 Å². The molecule has 3 N–H and O–H groups in total. The standard InChI is InChI=1S/C18H21N7O/c26-17-15(13-4-2-1-3-5-13)22-14-12-21-18(24-16(14)23-17)20-8-11-25-9-6-19-7-10-25/h1-5,12,19H,6-11H2,(H2,20,21,23,24,26). The quantitative estimate of drug-likeness (QED) is 0.622. The summed E-state index contributed by atoms with van der Waals surface area (Å²) in [6.07, 6.45) is 1.64. The Hall–Kier alpha value is -2.84. The zero-order chi connectivity index (χ0) is 17.8. The van der Waals surface area contributed by atoms with Gasteiger partial charge in [-0.05, 0) is 0 Å². The highest BCUT2D eigenvalue weighted by molar-refractivity contribution is 5.73. The second-order valence-electron chi connectivity index (χ2n) is 6.23. The third-order valence-electron chi connectivity index (χ3n) is 4.42. The molecule has 0 radical (unpaired) electrons. The summed E-state index contributed by atoms with van der Waals surface area (Å²) in [4.78, 5) is 30.7. The molecule has 0 atom stereocenters. The molecule has 0 aliphatic carbocycles. The number of anilines is 1. The van der Waals surface area contributed by atoms with Crippen molar-refractivity contribution in [3.8, 4) is 11.3 Å². The first-order valence-corrected chi connectivity index (χ1v) is 8.79. The average molecular weight is 351 g/mol. The number of hydrogen-bond acceptors (Lipinski definition) is 7. The number of rotatable bonds is 5. The van der Waals surface area contributed by atoms with E-state index in [1.54, 1.807) is 6.20 Å². The van der Waals surface area contributed by atoms with E-state index < -0.39 is 0 Å². The summed E-state index contributed by atoms with van der Waals surface area (Å²) in [5.41, 5.74) is 1.90. The molecular weight excluding hydrogens is 330 g/mol. The smallest absolute Gasteiger partial charge is 0.276 e. The number of piperazine rings is 1. The van der Waals surface area contributed by atoms with Gasteiger partial charge in [0.1, 0.15) is 11.2 Å². The van der Waals surface area contributed by atoms with E-state index in [-0.39, 0.29) is 5.56 Å². The molecule has 8 nitrogen and oxygen atoms in total. The summed E-state index contributed by atoms with van der Waals surface area (Å²) in [6.45, 7) is 5.86. The molecule has 0 bridgehead atoms. The van der Waals surface area contributed by atoms with Crippen LogP contribution in [0.15, 0.2) is 41.3 Å². The predicted octanol–water partition coefficient (Wildman–Crippen LogP) is 0.697. The molecule has 134 valence electrons. The minimum Gasteiger partial charge on any atom is -0.353 e. The SMILES string of the molecule is O=c1[nH]c2nc(NCCN3CCNCC3)ncc2nc1-c1ccccc1. The van der Waals surface area contributed by atoms with E-state index in [0.29, 0.717) is 22.8 Å². The number of aromatic nitrogens is 4. The Labute approximate surface area is 150 Å². The Morgan fingerprint density at radius 2 is 1.92 bits per heavy atom. The van der Waals surface area contributed by atoms with Gasteiger partial charge in [-0.25, -0.2) is 9.97 Å². The van der Waals surface area contributed by atoms with Crippen LogP contribution < -0.4 is 16.2 Å². The molecule has 26 heavy (non-hydrogen) atoms. The number of fused-ring (bicyclic) bond motifs is 1. The van der Waals surface area contributed by atoms with Crippen molar-refractivity contribution in [3.05, 3.63) is 46.9 Å². The third-order valence-corrected chi connectivity index (χ3v) is 4.42. The zero-order valence-corrected chi connectivity index (χ0v) is 14.4. The Bertz CT molecular complexity index is 935. The van der Waals surface area contributed by atoms with Gasteiger partial charge in [0.05, 0.1) is 6.20 Å². The summed E-state index contributed by atoms with van der Waals surface area (Å²) >= 11 is 0. The van der Waals surface area contributed by atoms with E-state index in [0.717, 1.165) is 44.8 Å². The van der Waals surface area contributed by atoms with Crippen molar-refractivity contribution in [2.45, 2.75) is 0 Å². The molecular formula is C18H21N7O. The summed E-state index contributed by atoms with van der Waals surface area (Å²) in [7, 11) is 0. The van der Waals surface area contributed by atoms with Crippen molar-refractivity contribution >= 4 is 17.1 Å². The lowest BCUT2D eigenvalue weighted by Crippen LogP contribution is -2.45. The van der Waals surface area contributed by atoms with Crippen molar-refractivity contribution in [2.24, 2.45) is 0 Å². The van der Waals surface area contributed by atoms with Crippen LogP contribution in [0.4, 0.5) is 5.95 Å². The fourth-order valence-electron chi connectivity index (χ4n) is 3.02. The molecule has 1 fully saturated rings. The molecule has 2 aromatic heterocycles. The Morgan fingerprint density at radius 1 is 1.12 bits per heavy atom. The second kappa shape index (κ2) is 7.59. The van der Waals surface area contributed by atoms with Crippen molar-refractivity contribution < 1.29 is 0 Å². The van der Waals surface area contributed by atoms with Gasteiger partial charge in [0, 0.05) is 44.8 Å². The molecule has 8 heteroatoms. The Balaban J connectivity index is 1.49. The highest BCUT2D eigenvalue weighted by atomic mass is 16.1. The summed E-state index contributed by atoms with van der Waals surface area (Å²) in [5, 5.41) is 6.55. The van der Waals surface area contributed by atoms with E-state index in [1.165, 1.54) is 0 Å². The zero-order valence-electron chi connectivity index (χ0n) is 14.4. The molecule has 4 rings (SSSR count). The highest BCUT2D eigenvalue weighted by Crippen LogP contribution is 2.14. The minimum atomic E-state index is -0.255. The summed E-state index contributed by atoms with van der Waals surface area (Å²) < 4.78 is 0. The van der Waals surface area contributed by atoms with Crippen molar-refractivity contribution in [3.63, 3.8) is 0 Å². The van der Waals surface area contributed by atoms with E-state index in [1.807, 2.05) is 30.3 Å². The molecule has 3 heterocycles. The van der Waals surface area contributed by atoms with E-state index in [4.69, 9.17) is 0 Å². The van der Waals surface area contributed by atoms with Crippen molar-refractivity contribution in [1.82, 2.24) is 30.2 Å². The van der Waals surface area contributed by atoms with Crippen LogP contribution in [-0.2, 0) is 0 Å². The third kappa shape index (κ3) is 3.71. The van der Waals surface area contributed by atoms with Gasteiger partial charge in [-0.15, -0.1) is 0 Å². The average Bonchev–Trinajstić information content (AvgIpc) is 2.69. The van der Waals surface area contributed by atoms with Gasteiger partial charge in [-0.2, -0.15) is 4.98 Å². The molecule has 1 aliphatic heterocycles. The maximum atomic E-state index is 12.4. The van der Waals surface area contributed by atoms with Gasteiger partial charge >= 0.3 is 0 Å². The first-order chi connectivity index (χ1) is 12.8. The predicted molar refractivity (Wildman–Crippen MR) is 101 cm³/mol. The second-order valence-corrected chi connectivity index (χ2v) is 6.23. The molecule has 0 saturated carbocycles. The van der Waals surface area contributed by atoms with Gasteiger partial charge in [-0.1, -0.05) is 30.3 Å². The maximum Gasteiger partial charge on any atom is 0.276 e. The fraction of sp³-hybridized carbons (Fsp3) is 0.333. The van der Waals surface area contributed by atoms with Crippen LogP contribution in [0.1, 0.15) is 0 Å². The minimum absolute atomic E-state index is 0.255. The van der Waals surface area contributed by atoms with Gasteiger partial charge in [-0.3, -0.25) is 9.69 Å². The molecule has 0 amide bonds. The van der Waals surface area contributed by atoms with Gasteiger partial charge in [0.2, 0.25) is 5.95 Å². The number of benzene rings is 1. The lowest BCUT2D eigenvalue weighted by Gasteiger charge is -2.27. The Kier molecular flexibility index (Phi) is 4.85. The number of nitrogens with zero attached hydrogens (tertiary/aromatic N) is 4. The lowest BCUT2D eigenvalue weighted by atomic mass is 10.1. The largest absolute Gasteiger partial charge is 0.353 e. The highest BCUT2D eigenvalue weighted by Gasteiger charge is 2.11. The van der Waals surface area contributed by atoms with Crippen molar-refractivity contribution in [2.75, 3.05) is 44.6 Å². The maximum absolute atomic E-state index is 12.4. The number of nitrogens with one attached hydrogen (secondary N) is 3. The fourth-order valence-corrected chi connectivity index (χ4v) is 3.02. The van der Waals surface area contributed by atoms with E-state index in [9.17, 15) is 4.79 Å². The molecule has 1 aromatic carbocycles. The first-order valence-electron chi connectivity index (χ1n) is 8.79.